The molecule has 4 heteroatoms. The second-order valence-corrected chi connectivity index (χ2v) is 5.11. The highest BCUT2D eigenvalue weighted by Crippen LogP contribution is 2.21. The lowest BCUT2D eigenvalue weighted by molar-refractivity contribution is -0.121. The van der Waals surface area contributed by atoms with Crippen molar-refractivity contribution in [3.8, 4) is 6.07 Å². The zero-order chi connectivity index (χ0) is 13.8. The number of nitrogens with zero attached hydrogens (tertiary/aromatic N) is 2. The summed E-state index contributed by atoms with van der Waals surface area (Å²) in [6.07, 6.45) is 2.20. The molecule has 19 heavy (non-hydrogen) atoms. The van der Waals surface area contributed by atoms with E-state index in [4.69, 9.17) is 5.26 Å². The van der Waals surface area contributed by atoms with Crippen LogP contribution < -0.4 is 10.2 Å². The molecule has 1 N–H and O–H groups in total. The molecule has 1 fully saturated rings. The Balaban J connectivity index is 2.16. The number of amides is 1. The molecule has 0 aromatic heterocycles. The van der Waals surface area contributed by atoms with E-state index in [0.29, 0.717) is 11.5 Å². The summed E-state index contributed by atoms with van der Waals surface area (Å²) < 4.78 is 0. The van der Waals surface area contributed by atoms with Gasteiger partial charge in [-0.05, 0) is 43.5 Å². The van der Waals surface area contributed by atoms with E-state index in [9.17, 15) is 4.79 Å². The fourth-order valence-corrected chi connectivity index (χ4v) is 2.50. The van der Waals surface area contributed by atoms with Crippen LogP contribution in [0.25, 0.3) is 0 Å². The summed E-state index contributed by atoms with van der Waals surface area (Å²) in [4.78, 5) is 14.1. The molecule has 0 spiro atoms. The molecular weight excluding hydrogens is 238 g/mol. The Kier molecular flexibility index (Phi) is 4.18. The molecule has 0 radical (unpaired) electrons. The molecule has 1 aromatic rings. The maximum atomic E-state index is 12.5. The molecule has 1 amide bonds. The van der Waals surface area contributed by atoms with Gasteiger partial charge in [-0.25, -0.2) is 0 Å². The van der Waals surface area contributed by atoms with E-state index in [1.165, 1.54) is 0 Å². The van der Waals surface area contributed by atoms with Gasteiger partial charge < -0.3 is 10.2 Å². The standard InChI is InChI=1S/C15H19N3O/c1-11-5-4-8-17-14(11)15(19)18(2)13-7-3-6-12(9-13)10-16/h3,6-7,9,11,14,17H,4-5,8H2,1-2H3. The second-order valence-electron chi connectivity index (χ2n) is 5.11. The van der Waals surface area contributed by atoms with Crippen molar-refractivity contribution >= 4 is 11.6 Å². The molecule has 0 bridgehead atoms. The molecule has 4 nitrogen and oxygen atoms in total. The zero-order valence-corrected chi connectivity index (χ0v) is 11.4. The molecule has 100 valence electrons. The molecule has 1 heterocycles. The first-order chi connectivity index (χ1) is 9.13. The minimum atomic E-state index is -0.121. The predicted octanol–water partition coefficient (Wildman–Crippen LogP) is 1.91. The summed E-state index contributed by atoms with van der Waals surface area (Å²) in [5.74, 6) is 0.421. The van der Waals surface area contributed by atoms with Gasteiger partial charge in [0.25, 0.3) is 0 Å². The van der Waals surface area contributed by atoms with Crippen LogP contribution in [0.4, 0.5) is 5.69 Å². The molecule has 1 aliphatic heterocycles. The summed E-state index contributed by atoms with van der Waals surface area (Å²) in [5.41, 5.74) is 1.34. The van der Waals surface area contributed by atoms with Gasteiger partial charge in [0.2, 0.25) is 5.91 Å². The Morgan fingerprint density at radius 2 is 2.32 bits per heavy atom. The number of benzene rings is 1. The van der Waals surface area contributed by atoms with Gasteiger partial charge in [-0.3, -0.25) is 4.79 Å². The SMILES string of the molecule is CC1CCCNC1C(=O)N(C)c1cccc(C#N)c1. The van der Waals surface area contributed by atoms with E-state index in [2.05, 4.69) is 18.3 Å². The van der Waals surface area contributed by atoms with Crippen molar-refractivity contribution in [2.75, 3.05) is 18.5 Å². The van der Waals surface area contributed by atoms with Gasteiger partial charge in [-0.15, -0.1) is 0 Å². The third kappa shape index (κ3) is 2.94. The molecular formula is C15H19N3O. The largest absolute Gasteiger partial charge is 0.314 e. The van der Waals surface area contributed by atoms with Crippen molar-refractivity contribution < 1.29 is 4.79 Å². The van der Waals surface area contributed by atoms with Crippen LogP contribution in [0.3, 0.4) is 0 Å². The average molecular weight is 257 g/mol. The fraction of sp³-hybridized carbons (Fsp3) is 0.467. The first-order valence-corrected chi connectivity index (χ1v) is 6.64. The van der Waals surface area contributed by atoms with Crippen molar-refractivity contribution in [3.63, 3.8) is 0 Å². The van der Waals surface area contributed by atoms with E-state index in [-0.39, 0.29) is 11.9 Å². The minimum absolute atomic E-state index is 0.0716. The molecule has 2 unspecified atom stereocenters. The fourth-order valence-electron chi connectivity index (χ4n) is 2.50. The van der Waals surface area contributed by atoms with Crippen LogP contribution in [-0.2, 0) is 4.79 Å². The third-order valence-corrected chi connectivity index (χ3v) is 3.73. The van der Waals surface area contributed by atoms with E-state index in [0.717, 1.165) is 25.1 Å². The molecule has 0 aliphatic carbocycles. The van der Waals surface area contributed by atoms with Crippen molar-refractivity contribution in [2.24, 2.45) is 5.92 Å². The molecule has 1 aromatic carbocycles. The molecule has 2 rings (SSSR count). The first-order valence-electron chi connectivity index (χ1n) is 6.64. The van der Waals surface area contributed by atoms with E-state index >= 15 is 0 Å². The molecule has 0 saturated carbocycles. The zero-order valence-electron chi connectivity index (χ0n) is 11.4. The number of rotatable bonds is 2. The average Bonchev–Trinajstić information content (AvgIpc) is 2.46. The number of nitrogens with one attached hydrogen (secondary N) is 1. The highest BCUT2D eigenvalue weighted by atomic mass is 16.2. The van der Waals surface area contributed by atoms with E-state index in [1.54, 1.807) is 30.1 Å². The quantitative estimate of drug-likeness (QED) is 0.880. The summed E-state index contributed by atoms with van der Waals surface area (Å²) in [5, 5.41) is 12.2. The predicted molar refractivity (Wildman–Crippen MR) is 74.8 cm³/mol. The van der Waals surface area contributed by atoms with Crippen LogP contribution in [0.1, 0.15) is 25.3 Å². The van der Waals surface area contributed by atoms with Crippen molar-refractivity contribution in [2.45, 2.75) is 25.8 Å². The molecule has 2 atom stereocenters. The Labute approximate surface area is 114 Å². The van der Waals surface area contributed by atoms with Crippen LogP contribution >= 0.6 is 0 Å². The van der Waals surface area contributed by atoms with Gasteiger partial charge >= 0.3 is 0 Å². The number of likely N-dealkylation sites (N-methyl/N-ethyl adjacent to an activating group) is 1. The van der Waals surface area contributed by atoms with Gasteiger partial charge in [-0.2, -0.15) is 5.26 Å². The molecule has 1 aliphatic rings. The maximum absolute atomic E-state index is 12.5. The summed E-state index contributed by atoms with van der Waals surface area (Å²) in [7, 11) is 1.77. The van der Waals surface area contributed by atoms with Gasteiger partial charge in [0.05, 0.1) is 17.7 Å². The topological polar surface area (TPSA) is 56.1 Å². The lowest BCUT2D eigenvalue weighted by Gasteiger charge is -2.32. The van der Waals surface area contributed by atoms with Crippen LogP contribution in [0.5, 0.6) is 0 Å². The van der Waals surface area contributed by atoms with Crippen molar-refractivity contribution in [1.82, 2.24) is 5.32 Å². The Bertz CT molecular complexity index is 506. The van der Waals surface area contributed by atoms with Gasteiger partial charge in [0.15, 0.2) is 0 Å². The van der Waals surface area contributed by atoms with Crippen molar-refractivity contribution in [3.05, 3.63) is 29.8 Å². The number of piperidine rings is 1. The molecule has 1 saturated heterocycles. The summed E-state index contributed by atoms with van der Waals surface area (Å²) >= 11 is 0. The Morgan fingerprint density at radius 3 is 3.00 bits per heavy atom. The second kappa shape index (κ2) is 5.85. The van der Waals surface area contributed by atoms with Crippen LogP contribution in [0, 0.1) is 17.2 Å². The Hall–Kier alpha value is -1.86. The maximum Gasteiger partial charge on any atom is 0.244 e. The number of carbonyl (C=O) groups excluding carboxylic acids is 1. The normalized spacial score (nSPS) is 22.6. The first kappa shape index (κ1) is 13.6. The monoisotopic (exact) mass is 257 g/mol. The van der Waals surface area contributed by atoms with Gasteiger partial charge in [-0.1, -0.05) is 13.0 Å². The lowest BCUT2D eigenvalue weighted by Crippen LogP contribution is -2.51. The minimum Gasteiger partial charge on any atom is -0.314 e. The van der Waals surface area contributed by atoms with Crippen LogP contribution in [0.2, 0.25) is 0 Å². The highest BCUT2D eigenvalue weighted by molar-refractivity contribution is 5.97. The van der Waals surface area contributed by atoms with Crippen LogP contribution in [0.15, 0.2) is 24.3 Å². The number of hydrogen-bond donors (Lipinski definition) is 1. The number of carbonyl (C=O) groups is 1. The van der Waals surface area contributed by atoms with Crippen molar-refractivity contribution in [1.29, 1.82) is 5.26 Å². The number of hydrogen-bond acceptors (Lipinski definition) is 3. The van der Waals surface area contributed by atoms with E-state index in [1.807, 2.05) is 6.07 Å². The summed E-state index contributed by atoms with van der Waals surface area (Å²) in [6, 6.07) is 9.11. The smallest absolute Gasteiger partial charge is 0.244 e. The Morgan fingerprint density at radius 1 is 1.53 bits per heavy atom. The summed E-state index contributed by atoms with van der Waals surface area (Å²) in [6.45, 7) is 3.00. The third-order valence-electron chi connectivity index (χ3n) is 3.73. The van der Waals surface area contributed by atoms with Gasteiger partial charge in [0, 0.05) is 12.7 Å². The van der Waals surface area contributed by atoms with Gasteiger partial charge in [0.1, 0.15) is 0 Å². The number of anilines is 1. The highest BCUT2D eigenvalue weighted by Gasteiger charge is 2.30. The van der Waals surface area contributed by atoms with Crippen LogP contribution in [-0.4, -0.2) is 25.5 Å². The lowest BCUT2D eigenvalue weighted by atomic mass is 9.92. The van der Waals surface area contributed by atoms with E-state index < -0.39 is 0 Å². The number of nitriles is 1.